The van der Waals surface area contributed by atoms with Gasteiger partial charge in [-0.15, -0.1) is 0 Å². The monoisotopic (exact) mass is 399 g/mol. The normalized spacial score (nSPS) is 24.6. The molecule has 0 aliphatic carbocycles. The minimum atomic E-state index is -3.85. The van der Waals surface area contributed by atoms with Gasteiger partial charge in [-0.05, 0) is 37.1 Å². The van der Waals surface area contributed by atoms with Gasteiger partial charge in [-0.25, -0.2) is 17.6 Å². The van der Waals surface area contributed by atoms with Crippen molar-refractivity contribution in [3.63, 3.8) is 0 Å². The molecule has 7 nitrogen and oxygen atoms in total. The average Bonchev–Trinajstić information content (AvgIpc) is 3.00. The summed E-state index contributed by atoms with van der Waals surface area (Å²) in [6, 6.07) is 4.36. The number of amides is 2. The van der Waals surface area contributed by atoms with E-state index in [0.717, 1.165) is 12.1 Å². The summed E-state index contributed by atoms with van der Waals surface area (Å²) in [6.07, 6.45) is -0.592. The van der Waals surface area contributed by atoms with E-state index in [1.807, 2.05) is 20.8 Å². The molecule has 0 bridgehead atoms. The molecule has 2 atom stereocenters. The van der Waals surface area contributed by atoms with Gasteiger partial charge in [-0.2, -0.15) is 4.31 Å². The third-order valence-electron chi connectivity index (χ3n) is 5.02. The van der Waals surface area contributed by atoms with Gasteiger partial charge in [0, 0.05) is 25.7 Å². The number of hydrogen-bond acceptors (Lipinski definition) is 4. The summed E-state index contributed by atoms with van der Waals surface area (Å²) in [5.41, 5.74) is 0. The first kappa shape index (κ1) is 20.0. The molecular formula is C18H26FN3O4S. The molecular weight excluding hydrogens is 373 g/mol. The lowest BCUT2D eigenvalue weighted by molar-refractivity contribution is 0.0334. The molecule has 0 aromatic heterocycles. The second-order valence-corrected chi connectivity index (χ2v) is 9.22. The number of halogens is 1. The molecule has 27 heavy (non-hydrogen) atoms. The van der Waals surface area contributed by atoms with E-state index in [-0.39, 0.29) is 29.4 Å². The molecule has 0 spiro atoms. The lowest BCUT2D eigenvalue weighted by Gasteiger charge is -2.38. The Bertz CT molecular complexity index is 778. The molecule has 1 aromatic rings. The van der Waals surface area contributed by atoms with Gasteiger partial charge in [0.05, 0.1) is 18.1 Å². The molecule has 150 valence electrons. The number of nitrogens with zero attached hydrogens (tertiary/aromatic N) is 3. The van der Waals surface area contributed by atoms with Crippen molar-refractivity contribution < 1.29 is 22.3 Å². The van der Waals surface area contributed by atoms with Crippen molar-refractivity contribution in [2.24, 2.45) is 5.92 Å². The van der Waals surface area contributed by atoms with Gasteiger partial charge in [0.15, 0.2) is 0 Å². The van der Waals surface area contributed by atoms with E-state index < -0.39 is 22.0 Å². The van der Waals surface area contributed by atoms with Crippen LogP contribution in [0.3, 0.4) is 0 Å². The summed E-state index contributed by atoms with van der Waals surface area (Å²) in [5.74, 6) is -0.594. The van der Waals surface area contributed by atoms with E-state index in [1.165, 1.54) is 16.4 Å². The predicted molar refractivity (Wildman–Crippen MR) is 98.0 cm³/mol. The Morgan fingerprint density at radius 3 is 2.33 bits per heavy atom. The van der Waals surface area contributed by atoms with E-state index in [1.54, 1.807) is 9.80 Å². The van der Waals surface area contributed by atoms with Crippen molar-refractivity contribution in [1.82, 2.24) is 14.1 Å². The van der Waals surface area contributed by atoms with Crippen molar-refractivity contribution in [3.8, 4) is 0 Å². The Labute approximate surface area is 159 Å². The maximum absolute atomic E-state index is 13.2. The summed E-state index contributed by atoms with van der Waals surface area (Å²) >= 11 is 0. The highest BCUT2D eigenvalue weighted by Crippen LogP contribution is 2.32. The first-order valence-electron chi connectivity index (χ1n) is 9.16. The maximum Gasteiger partial charge on any atom is 0.321 e. The number of ether oxygens (including phenoxy) is 1. The zero-order valence-corrected chi connectivity index (χ0v) is 16.7. The van der Waals surface area contributed by atoms with Crippen molar-refractivity contribution in [2.45, 2.75) is 37.9 Å². The van der Waals surface area contributed by atoms with Crippen molar-refractivity contribution in [2.75, 3.05) is 32.8 Å². The van der Waals surface area contributed by atoms with E-state index in [4.69, 9.17) is 4.74 Å². The average molecular weight is 399 g/mol. The van der Waals surface area contributed by atoms with Gasteiger partial charge in [0.2, 0.25) is 10.0 Å². The highest BCUT2D eigenvalue weighted by atomic mass is 32.2. The van der Waals surface area contributed by atoms with E-state index in [0.29, 0.717) is 26.3 Å². The fraction of sp³-hybridized carbons (Fsp3) is 0.611. The number of carbonyl (C=O) groups excluding carboxylic acids is 1. The zero-order chi connectivity index (χ0) is 19.8. The van der Waals surface area contributed by atoms with Crippen LogP contribution < -0.4 is 0 Å². The van der Waals surface area contributed by atoms with Crippen LogP contribution in [0.5, 0.6) is 0 Å². The van der Waals surface area contributed by atoms with Gasteiger partial charge < -0.3 is 14.5 Å². The molecule has 2 aliphatic heterocycles. The minimum absolute atomic E-state index is 0.0300. The van der Waals surface area contributed by atoms with Crippen LogP contribution in [0.4, 0.5) is 9.18 Å². The van der Waals surface area contributed by atoms with E-state index >= 15 is 0 Å². The SMILES string of the molecule is CC(C)[C@@H]1N(C(=O)N2CCOCC2)[C@@H](C)CN1S(=O)(=O)c1ccc(F)cc1. The van der Waals surface area contributed by atoms with Crippen molar-refractivity contribution >= 4 is 16.1 Å². The first-order valence-corrected chi connectivity index (χ1v) is 10.6. The summed E-state index contributed by atoms with van der Waals surface area (Å²) < 4.78 is 46.3. The third kappa shape index (κ3) is 3.81. The third-order valence-corrected chi connectivity index (χ3v) is 6.87. The molecule has 0 N–H and O–H groups in total. The standard InChI is InChI=1S/C18H26FN3O4S/c1-13(2)17-21(27(24,25)16-6-4-15(19)5-7-16)12-14(3)22(17)18(23)20-8-10-26-11-9-20/h4-7,13-14,17H,8-12H2,1-3H3/t14-,17-/m0/s1. The zero-order valence-electron chi connectivity index (χ0n) is 15.8. The van der Waals surface area contributed by atoms with Crippen LogP contribution in [0.1, 0.15) is 20.8 Å². The van der Waals surface area contributed by atoms with Crippen molar-refractivity contribution in [3.05, 3.63) is 30.1 Å². The molecule has 1 aromatic carbocycles. The highest BCUT2D eigenvalue weighted by Gasteiger charge is 2.48. The van der Waals surface area contributed by atoms with E-state index in [9.17, 15) is 17.6 Å². The fourth-order valence-electron chi connectivity index (χ4n) is 3.71. The first-order chi connectivity index (χ1) is 12.7. The number of hydrogen-bond donors (Lipinski definition) is 0. The molecule has 2 fully saturated rings. The predicted octanol–water partition coefficient (Wildman–Crippen LogP) is 1.95. The number of carbonyl (C=O) groups is 1. The lowest BCUT2D eigenvalue weighted by Crippen LogP contribution is -2.55. The Morgan fingerprint density at radius 2 is 1.78 bits per heavy atom. The van der Waals surface area contributed by atoms with Crippen LogP contribution >= 0.6 is 0 Å². The second kappa shape index (κ2) is 7.73. The van der Waals surface area contributed by atoms with Gasteiger partial charge in [-0.3, -0.25) is 0 Å². The van der Waals surface area contributed by atoms with Crippen molar-refractivity contribution in [1.29, 1.82) is 0 Å². The molecule has 2 amide bonds. The topological polar surface area (TPSA) is 70.2 Å². The number of benzene rings is 1. The number of urea groups is 1. The molecule has 3 rings (SSSR count). The quantitative estimate of drug-likeness (QED) is 0.779. The number of rotatable bonds is 3. The van der Waals surface area contributed by atoms with Crippen LogP contribution in [0.15, 0.2) is 29.2 Å². The fourth-order valence-corrected chi connectivity index (χ4v) is 5.50. The van der Waals surface area contributed by atoms with Gasteiger partial charge >= 0.3 is 6.03 Å². The van der Waals surface area contributed by atoms with Gasteiger partial charge in [-0.1, -0.05) is 13.8 Å². The van der Waals surface area contributed by atoms with Gasteiger partial charge in [0.25, 0.3) is 0 Å². The molecule has 9 heteroatoms. The molecule has 0 saturated carbocycles. The Balaban J connectivity index is 1.92. The van der Waals surface area contributed by atoms with E-state index in [2.05, 4.69) is 0 Å². The minimum Gasteiger partial charge on any atom is -0.378 e. The van der Waals surface area contributed by atoms with Crippen LogP contribution in [-0.4, -0.2) is 73.6 Å². The van der Waals surface area contributed by atoms with Gasteiger partial charge in [0.1, 0.15) is 12.0 Å². The summed E-state index contributed by atoms with van der Waals surface area (Å²) in [4.78, 5) is 16.5. The van der Waals surface area contributed by atoms with Crippen LogP contribution in [0.2, 0.25) is 0 Å². The molecule has 0 unspecified atom stereocenters. The summed E-state index contributed by atoms with van der Waals surface area (Å²) in [7, 11) is -3.85. The van der Waals surface area contributed by atoms with Crippen LogP contribution in [0, 0.1) is 11.7 Å². The maximum atomic E-state index is 13.2. The highest BCUT2D eigenvalue weighted by molar-refractivity contribution is 7.89. The molecule has 0 radical (unpaired) electrons. The Hall–Kier alpha value is -1.71. The number of morpholine rings is 1. The lowest BCUT2D eigenvalue weighted by atomic mass is 10.1. The largest absolute Gasteiger partial charge is 0.378 e. The molecule has 2 heterocycles. The van der Waals surface area contributed by atoms with Crippen LogP contribution in [0.25, 0.3) is 0 Å². The smallest absolute Gasteiger partial charge is 0.321 e. The number of sulfonamides is 1. The second-order valence-electron chi connectivity index (χ2n) is 7.32. The molecule has 2 aliphatic rings. The molecule has 2 saturated heterocycles. The Morgan fingerprint density at radius 1 is 1.19 bits per heavy atom. The summed E-state index contributed by atoms with van der Waals surface area (Å²) in [6.45, 7) is 7.82. The Kier molecular flexibility index (Phi) is 5.73. The summed E-state index contributed by atoms with van der Waals surface area (Å²) in [5, 5.41) is 0. The van der Waals surface area contributed by atoms with Crippen LogP contribution in [-0.2, 0) is 14.8 Å².